The normalized spacial score (nSPS) is 22.6. The number of hydrogen-bond donors (Lipinski definition) is 1. The third-order valence-electron chi connectivity index (χ3n) is 2.40. The lowest BCUT2D eigenvalue weighted by atomic mass is 10.3. The van der Waals surface area contributed by atoms with Crippen LogP contribution in [0.15, 0.2) is 6.33 Å². The van der Waals surface area contributed by atoms with Crippen molar-refractivity contribution in [3.8, 4) is 0 Å². The molecule has 0 aromatic carbocycles. The molecule has 1 fully saturated rings. The number of nitrogens with two attached hydrogens (primary N) is 1. The fraction of sp³-hybridized carbons (Fsp3) is 0.750. The maximum Gasteiger partial charge on any atom is 0.223 e. The molecule has 2 heterocycles. The fourth-order valence-corrected chi connectivity index (χ4v) is 1.70. The van der Waals surface area contributed by atoms with Crippen LogP contribution >= 0.6 is 0 Å². The number of nitrogens with zero attached hydrogens (tertiary/aromatic N) is 4. The van der Waals surface area contributed by atoms with Gasteiger partial charge >= 0.3 is 0 Å². The van der Waals surface area contributed by atoms with E-state index in [0.717, 1.165) is 32.0 Å². The van der Waals surface area contributed by atoms with E-state index in [1.165, 1.54) is 0 Å². The molecule has 1 aliphatic heterocycles. The molecule has 1 aliphatic rings. The largest absolute Gasteiger partial charge is 0.339 e. The zero-order chi connectivity index (χ0) is 9.26. The van der Waals surface area contributed by atoms with Gasteiger partial charge in [-0.05, 0) is 13.3 Å². The first-order chi connectivity index (χ1) is 6.31. The van der Waals surface area contributed by atoms with Crippen molar-refractivity contribution in [2.45, 2.75) is 25.9 Å². The van der Waals surface area contributed by atoms with Gasteiger partial charge < -0.3 is 10.6 Å². The van der Waals surface area contributed by atoms with Gasteiger partial charge in [0.25, 0.3) is 0 Å². The van der Waals surface area contributed by atoms with E-state index in [1.54, 1.807) is 6.33 Å². The summed E-state index contributed by atoms with van der Waals surface area (Å²) in [5.74, 6) is 0.954. The predicted molar refractivity (Wildman–Crippen MR) is 50.5 cm³/mol. The average Bonchev–Trinajstić information content (AvgIpc) is 2.71. The zero-order valence-electron chi connectivity index (χ0n) is 7.85. The smallest absolute Gasteiger partial charge is 0.223 e. The molecule has 1 saturated heterocycles. The Balaban J connectivity index is 2.16. The Morgan fingerprint density at radius 3 is 3.15 bits per heavy atom. The molecule has 5 heteroatoms. The van der Waals surface area contributed by atoms with Crippen molar-refractivity contribution in [3.63, 3.8) is 0 Å². The van der Waals surface area contributed by atoms with Crippen molar-refractivity contribution in [3.05, 3.63) is 6.33 Å². The van der Waals surface area contributed by atoms with Crippen LogP contribution in [0.5, 0.6) is 0 Å². The van der Waals surface area contributed by atoms with Crippen LogP contribution in [-0.4, -0.2) is 33.9 Å². The summed E-state index contributed by atoms with van der Waals surface area (Å²) in [6.45, 7) is 4.83. The van der Waals surface area contributed by atoms with Gasteiger partial charge in [-0.2, -0.15) is 10.1 Å². The topological polar surface area (TPSA) is 60.0 Å². The summed E-state index contributed by atoms with van der Waals surface area (Å²) in [6, 6.07) is 0.294. The lowest BCUT2D eigenvalue weighted by Gasteiger charge is -2.16. The molecule has 0 radical (unpaired) electrons. The van der Waals surface area contributed by atoms with Gasteiger partial charge in [-0.3, -0.25) is 0 Å². The fourth-order valence-electron chi connectivity index (χ4n) is 1.70. The highest BCUT2D eigenvalue weighted by atomic mass is 15.4. The van der Waals surface area contributed by atoms with Gasteiger partial charge in [0.05, 0.1) is 0 Å². The summed E-state index contributed by atoms with van der Waals surface area (Å²) in [6.07, 6.45) is 2.65. The maximum absolute atomic E-state index is 5.82. The summed E-state index contributed by atoms with van der Waals surface area (Å²) in [7, 11) is 0. The van der Waals surface area contributed by atoms with Crippen LogP contribution < -0.4 is 10.6 Å². The molecule has 2 rings (SSSR count). The van der Waals surface area contributed by atoms with Crippen LogP contribution in [0, 0.1) is 0 Å². The van der Waals surface area contributed by atoms with Crippen LogP contribution in [-0.2, 0) is 6.54 Å². The van der Waals surface area contributed by atoms with Crippen molar-refractivity contribution >= 4 is 5.95 Å². The van der Waals surface area contributed by atoms with E-state index in [1.807, 2.05) is 4.68 Å². The highest BCUT2D eigenvalue weighted by molar-refractivity contribution is 5.31. The molecule has 2 N–H and O–H groups in total. The first-order valence-electron chi connectivity index (χ1n) is 4.69. The Bertz CT molecular complexity index is 282. The quantitative estimate of drug-likeness (QED) is 0.688. The number of aromatic nitrogens is 3. The van der Waals surface area contributed by atoms with E-state index in [0.29, 0.717) is 6.04 Å². The standard InChI is InChI=1S/C8H15N5/c1-2-13-8(10-6-11-13)12-4-3-7(9)5-12/h6-7H,2-5,9H2,1H3. The third kappa shape index (κ3) is 1.51. The average molecular weight is 181 g/mol. The summed E-state index contributed by atoms with van der Waals surface area (Å²) < 4.78 is 1.90. The lowest BCUT2D eigenvalue weighted by Crippen LogP contribution is -2.28. The van der Waals surface area contributed by atoms with Gasteiger partial charge in [0.15, 0.2) is 0 Å². The molecule has 1 unspecified atom stereocenters. The summed E-state index contributed by atoms with van der Waals surface area (Å²) in [5.41, 5.74) is 5.82. The monoisotopic (exact) mass is 181 g/mol. The van der Waals surface area contributed by atoms with Crippen molar-refractivity contribution < 1.29 is 0 Å². The number of aryl methyl sites for hydroxylation is 1. The van der Waals surface area contributed by atoms with Gasteiger partial charge in [0.1, 0.15) is 6.33 Å². The molecule has 1 aromatic heterocycles. The number of rotatable bonds is 2. The van der Waals surface area contributed by atoms with Crippen LogP contribution in [0.2, 0.25) is 0 Å². The van der Waals surface area contributed by atoms with E-state index in [9.17, 15) is 0 Å². The third-order valence-corrected chi connectivity index (χ3v) is 2.40. The van der Waals surface area contributed by atoms with Gasteiger partial charge in [-0.25, -0.2) is 4.68 Å². The minimum atomic E-state index is 0.294. The Labute approximate surface area is 77.5 Å². The molecule has 0 saturated carbocycles. The van der Waals surface area contributed by atoms with Gasteiger partial charge in [0.2, 0.25) is 5.95 Å². The van der Waals surface area contributed by atoms with Crippen LogP contribution in [0.4, 0.5) is 5.95 Å². The van der Waals surface area contributed by atoms with E-state index < -0.39 is 0 Å². The minimum absolute atomic E-state index is 0.294. The highest BCUT2D eigenvalue weighted by Crippen LogP contribution is 2.15. The van der Waals surface area contributed by atoms with Crippen LogP contribution in [0.1, 0.15) is 13.3 Å². The lowest BCUT2D eigenvalue weighted by molar-refractivity contribution is 0.643. The van der Waals surface area contributed by atoms with E-state index in [-0.39, 0.29) is 0 Å². The molecule has 13 heavy (non-hydrogen) atoms. The zero-order valence-corrected chi connectivity index (χ0v) is 7.85. The molecule has 0 bridgehead atoms. The minimum Gasteiger partial charge on any atom is -0.339 e. The molecule has 72 valence electrons. The van der Waals surface area contributed by atoms with Crippen LogP contribution in [0.25, 0.3) is 0 Å². The first kappa shape index (κ1) is 8.50. The molecular formula is C8H15N5. The first-order valence-corrected chi connectivity index (χ1v) is 4.69. The Morgan fingerprint density at radius 2 is 2.54 bits per heavy atom. The van der Waals surface area contributed by atoms with Crippen molar-refractivity contribution in [1.82, 2.24) is 14.8 Å². The molecule has 5 nitrogen and oxygen atoms in total. The second-order valence-electron chi connectivity index (χ2n) is 3.37. The molecule has 0 aliphatic carbocycles. The Morgan fingerprint density at radius 1 is 1.69 bits per heavy atom. The van der Waals surface area contributed by atoms with Gasteiger partial charge in [0, 0.05) is 25.7 Å². The second-order valence-corrected chi connectivity index (χ2v) is 3.37. The Hall–Kier alpha value is -1.10. The molecule has 1 atom stereocenters. The van der Waals surface area contributed by atoms with Gasteiger partial charge in [-0.1, -0.05) is 0 Å². The van der Waals surface area contributed by atoms with E-state index in [2.05, 4.69) is 21.9 Å². The van der Waals surface area contributed by atoms with E-state index >= 15 is 0 Å². The summed E-state index contributed by atoms with van der Waals surface area (Å²) in [5, 5.41) is 4.13. The number of hydrogen-bond acceptors (Lipinski definition) is 4. The predicted octanol–water partition coefficient (Wildman–Crippen LogP) is -0.165. The molecular weight excluding hydrogens is 166 g/mol. The van der Waals surface area contributed by atoms with E-state index in [4.69, 9.17) is 5.73 Å². The molecule has 0 amide bonds. The van der Waals surface area contributed by atoms with Gasteiger partial charge in [-0.15, -0.1) is 0 Å². The second kappa shape index (κ2) is 3.33. The number of anilines is 1. The van der Waals surface area contributed by atoms with Crippen molar-refractivity contribution in [1.29, 1.82) is 0 Å². The maximum atomic E-state index is 5.82. The SMILES string of the molecule is CCn1ncnc1N1CCC(N)C1. The van der Waals surface area contributed by atoms with Crippen LogP contribution in [0.3, 0.4) is 0 Å². The van der Waals surface area contributed by atoms with Crippen molar-refractivity contribution in [2.75, 3.05) is 18.0 Å². The molecule has 0 spiro atoms. The Kier molecular flexibility index (Phi) is 2.18. The molecule has 1 aromatic rings. The van der Waals surface area contributed by atoms with Crippen molar-refractivity contribution in [2.24, 2.45) is 5.73 Å². The summed E-state index contributed by atoms with van der Waals surface area (Å²) in [4.78, 5) is 6.42. The highest BCUT2D eigenvalue weighted by Gasteiger charge is 2.22. The summed E-state index contributed by atoms with van der Waals surface area (Å²) >= 11 is 0.